The lowest BCUT2D eigenvalue weighted by atomic mass is 10.1. The van der Waals surface area contributed by atoms with E-state index in [1.807, 2.05) is 0 Å². The lowest BCUT2D eigenvalue weighted by Crippen LogP contribution is -2.34. The molecule has 1 amide bonds. The van der Waals surface area contributed by atoms with E-state index >= 15 is 0 Å². The van der Waals surface area contributed by atoms with Gasteiger partial charge < -0.3 is 10.1 Å². The van der Waals surface area contributed by atoms with Crippen molar-refractivity contribution in [3.05, 3.63) is 45.8 Å². The maximum absolute atomic E-state index is 12.6. The Balaban J connectivity index is 1.75. The largest absolute Gasteiger partial charge is 0.465 e. The molecule has 1 aromatic heterocycles. The summed E-state index contributed by atoms with van der Waals surface area (Å²) >= 11 is 6.75. The lowest BCUT2D eigenvalue weighted by Gasteiger charge is -2.12. The topological polar surface area (TPSA) is 105 Å². The molecule has 1 aromatic carbocycles. The van der Waals surface area contributed by atoms with Crippen LogP contribution >= 0.6 is 23.6 Å². The summed E-state index contributed by atoms with van der Waals surface area (Å²) in [6, 6.07) is 5.57. The van der Waals surface area contributed by atoms with Gasteiger partial charge >= 0.3 is 5.97 Å². The standard InChI is InChI=1S/C21H25N3O5S3/c1-24(2)32(27,28)14-11-9-13(10-12-14)18(25)22-21(30)23-19-17(20(26)29-3)15-7-5-4-6-8-16(15)31-19/h9-12H,4-8H2,1-3H3,(H2,22,23,25,30). The van der Waals surface area contributed by atoms with Crippen molar-refractivity contribution in [2.75, 3.05) is 26.5 Å². The van der Waals surface area contributed by atoms with Crippen LogP contribution in [0, 0.1) is 0 Å². The van der Waals surface area contributed by atoms with E-state index < -0.39 is 21.9 Å². The molecule has 0 saturated heterocycles. The number of methoxy groups -OCH3 is 1. The Kier molecular flexibility index (Phi) is 7.65. The van der Waals surface area contributed by atoms with Gasteiger partial charge in [-0.1, -0.05) is 6.42 Å². The van der Waals surface area contributed by atoms with Crippen LogP contribution in [0.2, 0.25) is 0 Å². The summed E-state index contributed by atoms with van der Waals surface area (Å²) in [6.45, 7) is 0. The van der Waals surface area contributed by atoms with Crippen molar-refractivity contribution >= 4 is 55.6 Å². The molecule has 0 unspecified atom stereocenters. The van der Waals surface area contributed by atoms with Crippen molar-refractivity contribution in [2.24, 2.45) is 0 Å². The van der Waals surface area contributed by atoms with Crippen LogP contribution in [-0.4, -0.2) is 50.9 Å². The first-order valence-electron chi connectivity index (χ1n) is 10.0. The van der Waals surface area contributed by atoms with Crippen molar-refractivity contribution < 1.29 is 22.7 Å². The third kappa shape index (κ3) is 5.17. The molecule has 0 saturated carbocycles. The SMILES string of the molecule is COC(=O)c1c(NC(=S)NC(=O)c2ccc(S(=O)(=O)N(C)C)cc2)sc2c1CCCCC2. The summed E-state index contributed by atoms with van der Waals surface area (Å²) < 4.78 is 30.4. The van der Waals surface area contributed by atoms with E-state index in [1.54, 1.807) is 0 Å². The minimum atomic E-state index is -3.58. The van der Waals surface area contributed by atoms with Gasteiger partial charge in [0.2, 0.25) is 10.0 Å². The zero-order chi connectivity index (χ0) is 23.5. The highest BCUT2D eigenvalue weighted by Gasteiger charge is 2.26. The smallest absolute Gasteiger partial charge is 0.341 e. The molecule has 1 aliphatic rings. The van der Waals surface area contributed by atoms with Crippen molar-refractivity contribution in [3.8, 4) is 0 Å². The Morgan fingerprint density at radius 1 is 1.09 bits per heavy atom. The quantitative estimate of drug-likeness (QED) is 0.373. The fraction of sp³-hybridized carbons (Fsp3) is 0.381. The first kappa shape index (κ1) is 24.3. The zero-order valence-electron chi connectivity index (χ0n) is 18.1. The van der Waals surface area contributed by atoms with Crippen LogP contribution in [0.25, 0.3) is 0 Å². The molecule has 8 nitrogen and oxygen atoms in total. The molecule has 1 aliphatic carbocycles. The van der Waals surface area contributed by atoms with Gasteiger partial charge in [0, 0.05) is 24.5 Å². The second-order valence-corrected chi connectivity index (χ2v) is 11.1. The van der Waals surface area contributed by atoms with Crippen molar-refractivity contribution in [1.29, 1.82) is 0 Å². The van der Waals surface area contributed by atoms with Crippen LogP contribution in [0.15, 0.2) is 29.2 Å². The first-order chi connectivity index (χ1) is 15.1. The average Bonchev–Trinajstić information content (AvgIpc) is 2.93. The van der Waals surface area contributed by atoms with E-state index in [9.17, 15) is 18.0 Å². The van der Waals surface area contributed by atoms with Crippen LogP contribution in [0.4, 0.5) is 5.00 Å². The van der Waals surface area contributed by atoms with E-state index in [-0.39, 0.29) is 15.6 Å². The highest BCUT2D eigenvalue weighted by molar-refractivity contribution is 7.89. The molecule has 2 aromatic rings. The minimum absolute atomic E-state index is 0.0431. The molecule has 1 heterocycles. The highest BCUT2D eigenvalue weighted by atomic mass is 32.2. The van der Waals surface area contributed by atoms with Gasteiger partial charge in [-0.2, -0.15) is 0 Å². The number of thiocarbonyl (C=S) groups is 1. The van der Waals surface area contributed by atoms with E-state index in [4.69, 9.17) is 17.0 Å². The summed E-state index contributed by atoms with van der Waals surface area (Å²) in [4.78, 5) is 26.2. The maximum Gasteiger partial charge on any atom is 0.341 e. The Morgan fingerprint density at radius 3 is 2.38 bits per heavy atom. The molecular formula is C21H25N3O5S3. The van der Waals surface area contributed by atoms with Crippen molar-refractivity contribution in [3.63, 3.8) is 0 Å². The number of thiophene rings is 1. The fourth-order valence-electron chi connectivity index (χ4n) is 3.45. The van der Waals surface area contributed by atoms with Gasteiger partial charge in [0.25, 0.3) is 5.91 Å². The van der Waals surface area contributed by atoms with Crippen LogP contribution in [0.5, 0.6) is 0 Å². The average molecular weight is 496 g/mol. The molecule has 172 valence electrons. The summed E-state index contributed by atoms with van der Waals surface area (Å²) in [5, 5.41) is 6.15. The molecule has 2 N–H and O–H groups in total. The molecular weight excluding hydrogens is 470 g/mol. The summed E-state index contributed by atoms with van der Waals surface area (Å²) in [5.74, 6) is -0.923. The number of carbonyl (C=O) groups is 2. The van der Waals surface area contributed by atoms with E-state index in [2.05, 4.69) is 10.6 Å². The summed E-state index contributed by atoms with van der Waals surface area (Å²) in [7, 11) is 0.633. The Bertz CT molecular complexity index is 1140. The molecule has 3 rings (SSSR count). The highest BCUT2D eigenvalue weighted by Crippen LogP contribution is 2.37. The first-order valence-corrected chi connectivity index (χ1v) is 12.7. The van der Waals surface area contributed by atoms with Gasteiger partial charge in [-0.25, -0.2) is 17.5 Å². The molecule has 0 aliphatic heterocycles. The zero-order valence-corrected chi connectivity index (χ0v) is 20.5. The Labute approximate surface area is 197 Å². The number of fused-ring (bicyclic) bond motifs is 1. The van der Waals surface area contributed by atoms with Gasteiger partial charge in [-0.05, 0) is 67.7 Å². The van der Waals surface area contributed by atoms with Gasteiger partial charge in [0.05, 0.1) is 17.6 Å². The number of anilines is 1. The number of nitrogens with zero attached hydrogens (tertiary/aromatic N) is 1. The molecule has 11 heteroatoms. The number of ether oxygens (including phenoxy) is 1. The number of aryl methyl sites for hydroxylation is 1. The number of hydrogen-bond acceptors (Lipinski definition) is 7. The van der Waals surface area contributed by atoms with Crippen LogP contribution < -0.4 is 10.6 Å². The number of esters is 1. The van der Waals surface area contributed by atoms with Gasteiger partial charge in [-0.15, -0.1) is 11.3 Å². The number of amides is 1. The number of carbonyl (C=O) groups excluding carboxylic acids is 2. The number of rotatable bonds is 5. The molecule has 0 spiro atoms. The molecule has 0 radical (unpaired) electrons. The van der Waals surface area contributed by atoms with Gasteiger partial charge in [-0.3, -0.25) is 10.1 Å². The third-order valence-corrected chi connectivity index (χ3v) is 8.40. The van der Waals surface area contributed by atoms with E-state index in [0.717, 1.165) is 46.8 Å². The second kappa shape index (κ2) is 10.1. The fourth-order valence-corrected chi connectivity index (χ4v) is 5.89. The predicted molar refractivity (Wildman–Crippen MR) is 128 cm³/mol. The Morgan fingerprint density at radius 2 is 1.75 bits per heavy atom. The van der Waals surface area contributed by atoms with Gasteiger partial charge in [0.1, 0.15) is 5.00 Å². The predicted octanol–water partition coefficient (Wildman–Crippen LogP) is 3.18. The number of hydrogen-bond donors (Lipinski definition) is 2. The summed E-state index contributed by atoms with van der Waals surface area (Å²) in [6.07, 6.45) is 4.89. The second-order valence-electron chi connectivity index (χ2n) is 7.48. The number of nitrogens with one attached hydrogen (secondary N) is 2. The normalized spacial score (nSPS) is 13.8. The number of sulfonamides is 1. The van der Waals surface area contributed by atoms with E-state index in [0.29, 0.717) is 10.6 Å². The monoisotopic (exact) mass is 495 g/mol. The Hall–Kier alpha value is -2.34. The van der Waals surface area contributed by atoms with Crippen LogP contribution in [0.3, 0.4) is 0 Å². The molecule has 0 atom stereocenters. The molecule has 0 fully saturated rings. The molecule has 32 heavy (non-hydrogen) atoms. The summed E-state index contributed by atoms with van der Waals surface area (Å²) in [5.41, 5.74) is 1.72. The van der Waals surface area contributed by atoms with Gasteiger partial charge in [0.15, 0.2) is 5.11 Å². The maximum atomic E-state index is 12.6. The van der Waals surface area contributed by atoms with Crippen LogP contribution in [0.1, 0.15) is 50.4 Å². The third-order valence-electron chi connectivity index (χ3n) is 5.16. The lowest BCUT2D eigenvalue weighted by molar-refractivity contribution is 0.0601. The van der Waals surface area contributed by atoms with Crippen molar-refractivity contribution in [2.45, 2.75) is 37.0 Å². The number of benzene rings is 1. The minimum Gasteiger partial charge on any atom is -0.465 e. The van der Waals surface area contributed by atoms with E-state index in [1.165, 1.54) is 56.8 Å². The molecule has 0 bridgehead atoms. The van der Waals surface area contributed by atoms with Crippen LogP contribution in [-0.2, 0) is 27.6 Å². The van der Waals surface area contributed by atoms with Crippen molar-refractivity contribution in [1.82, 2.24) is 9.62 Å².